The Morgan fingerprint density at radius 3 is 2.46 bits per heavy atom. The highest BCUT2D eigenvalue weighted by Crippen LogP contribution is 2.52. The molecule has 0 N–H and O–H groups in total. The van der Waals surface area contributed by atoms with Gasteiger partial charge in [0.15, 0.2) is 11.6 Å². The molecule has 0 amide bonds. The van der Waals surface area contributed by atoms with Crippen LogP contribution in [0.5, 0.6) is 0 Å². The standard InChI is InChI=1S/C19H15BrFNO3S/c1-7-16(22-19(26-7)9-3-2-8(20)6-10(9)21)15-17(23)13-11-4-5-12(25-11)14(13)18(15)24/h2-3,6,11-15H,4-5H2,1H3/t11-,12+,13+,14-,15?. The van der Waals surface area contributed by atoms with Crippen LogP contribution >= 0.6 is 27.3 Å². The molecule has 2 bridgehead atoms. The van der Waals surface area contributed by atoms with Crippen LogP contribution < -0.4 is 0 Å². The molecule has 134 valence electrons. The van der Waals surface area contributed by atoms with Crippen molar-refractivity contribution in [2.45, 2.75) is 37.9 Å². The number of Topliss-reactive ketones (excluding diaryl/α,β-unsaturated/α-hetero) is 2. The number of nitrogens with zero attached hydrogens (tertiary/aromatic N) is 1. The van der Waals surface area contributed by atoms with Crippen LogP contribution in [-0.4, -0.2) is 28.8 Å². The van der Waals surface area contributed by atoms with Crippen molar-refractivity contribution in [1.82, 2.24) is 4.98 Å². The van der Waals surface area contributed by atoms with E-state index in [4.69, 9.17) is 4.74 Å². The number of hydrogen-bond donors (Lipinski definition) is 0. The Kier molecular flexibility index (Phi) is 3.71. The van der Waals surface area contributed by atoms with E-state index in [1.54, 1.807) is 12.1 Å². The van der Waals surface area contributed by atoms with Crippen LogP contribution in [0.15, 0.2) is 22.7 Å². The van der Waals surface area contributed by atoms with Crippen LogP contribution in [0.3, 0.4) is 0 Å². The number of halogens is 2. The van der Waals surface area contributed by atoms with Gasteiger partial charge in [-0.2, -0.15) is 0 Å². The molecule has 1 saturated carbocycles. The van der Waals surface area contributed by atoms with Gasteiger partial charge in [0.1, 0.15) is 16.7 Å². The third-order valence-corrected chi connectivity index (χ3v) is 7.28. The summed E-state index contributed by atoms with van der Waals surface area (Å²) in [5, 5.41) is 0.499. The van der Waals surface area contributed by atoms with E-state index in [1.165, 1.54) is 17.4 Å². The number of carbonyl (C=O) groups is 2. The Balaban J connectivity index is 1.54. The molecule has 0 radical (unpaired) electrons. The third kappa shape index (κ3) is 2.23. The summed E-state index contributed by atoms with van der Waals surface area (Å²) in [7, 11) is 0. The van der Waals surface area contributed by atoms with Gasteiger partial charge in [0.25, 0.3) is 0 Å². The summed E-state index contributed by atoms with van der Waals surface area (Å²) in [6.45, 7) is 1.84. The number of benzene rings is 1. The summed E-state index contributed by atoms with van der Waals surface area (Å²) in [4.78, 5) is 31.3. The van der Waals surface area contributed by atoms with Crippen molar-refractivity contribution >= 4 is 38.8 Å². The van der Waals surface area contributed by atoms with Crippen molar-refractivity contribution in [2.75, 3.05) is 0 Å². The summed E-state index contributed by atoms with van der Waals surface area (Å²) in [6.07, 6.45) is 1.47. The van der Waals surface area contributed by atoms with Crippen LogP contribution in [-0.2, 0) is 14.3 Å². The van der Waals surface area contributed by atoms with E-state index in [9.17, 15) is 14.0 Å². The molecule has 4 nitrogen and oxygen atoms in total. The summed E-state index contributed by atoms with van der Waals surface area (Å²) >= 11 is 4.57. The molecule has 1 unspecified atom stereocenters. The van der Waals surface area contributed by atoms with Crippen molar-refractivity contribution in [3.63, 3.8) is 0 Å². The van der Waals surface area contributed by atoms with Gasteiger partial charge in [-0.25, -0.2) is 9.37 Å². The molecule has 3 heterocycles. The first-order valence-corrected chi connectivity index (χ1v) is 10.2. The van der Waals surface area contributed by atoms with Crippen molar-refractivity contribution in [2.24, 2.45) is 11.8 Å². The topological polar surface area (TPSA) is 56.3 Å². The number of thiazole rings is 1. The number of aromatic nitrogens is 1. The predicted octanol–water partition coefficient (Wildman–Crippen LogP) is 4.05. The van der Waals surface area contributed by atoms with Gasteiger partial charge in [-0.3, -0.25) is 9.59 Å². The molecule has 3 aliphatic rings. The second kappa shape index (κ2) is 5.78. The molecule has 2 saturated heterocycles. The maximum atomic E-state index is 14.3. The van der Waals surface area contributed by atoms with Crippen molar-refractivity contribution in [3.8, 4) is 10.6 Å². The summed E-state index contributed by atoms with van der Waals surface area (Å²) in [5.41, 5.74) is 0.880. The largest absolute Gasteiger partial charge is 0.373 e. The number of rotatable bonds is 2. The van der Waals surface area contributed by atoms with Crippen molar-refractivity contribution in [3.05, 3.63) is 39.1 Å². The monoisotopic (exact) mass is 435 g/mol. The van der Waals surface area contributed by atoms with Gasteiger partial charge in [-0.15, -0.1) is 11.3 Å². The summed E-state index contributed by atoms with van der Waals surface area (Å²) in [6, 6.07) is 4.79. The molecule has 2 aromatic rings. The fourth-order valence-corrected chi connectivity index (χ4v) is 5.96. The molecular weight excluding hydrogens is 421 g/mol. The van der Waals surface area contributed by atoms with Crippen LogP contribution in [0.25, 0.3) is 10.6 Å². The SMILES string of the molecule is Cc1sc(-c2ccc(Br)cc2F)nc1C1C(=O)[C@@H]2[C@H](C1=O)[C@@H]1CC[C@H]2O1. The number of aryl methyl sites for hydroxylation is 1. The highest BCUT2D eigenvalue weighted by molar-refractivity contribution is 9.10. The first kappa shape index (κ1) is 16.7. The quantitative estimate of drug-likeness (QED) is 0.667. The lowest BCUT2D eigenvalue weighted by atomic mass is 9.81. The second-order valence-electron chi connectivity index (χ2n) is 7.16. The Labute approximate surface area is 161 Å². The van der Waals surface area contributed by atoms with E-state index >= 15 is 0 Å². The molecule has 26 heavy (non-hydrogen) atoms. The van der Waals surface area contributed by atoms with Gasteiger partial charge in [0, 0.05) is 14.9 Å². The van der Waals surface area contributed by atoms with Gasteiger partial charge in [0.2, 0.25) is 0 Å². The molecule has 3 fully saturated rings. The predicted molar refractivity (Wildman–Crippen MR) is 97.6 cm³/mol. The smallest absolute Gasteiger partial charge is 0.155 e. The van der Waals surface area contributed by atoms with E-state index in [1.807, 2.05) is 6.92 Å². The van der Waals surface area contributed by atoms with Gasteiger partial charge >= 0.3 is 0 Å². The Morgan fingerprint density at radius 1 is 1.19 bits per heavy atom. The normalized spacial score (nSPS) is 32.5. The zero-order valence-corrected chi connectivity index (χ0v) is 16.3. The van der Waals surface area contributed by atoms with Crippen LogP contribution in [0, 0.1) is 24.6 Å². The fraction of sp³-hybridized carbons (Fsp3) is 0.421. The minimum Gasteiger partial charge on any atom is -0.373 e. The molecule has 1 aliphatic carbocycles. The lowest BCUT2D eigenvalue weighted by molar-refractivity contribution is -0.127. The first-order chi connectivity index (χ1) is 12.5. The highest BCUT2D eigenvalue weighted by Gasteiger charge is 2.63. The zero-order chi connectivity index (χ0) is 18.2. The van der Waals surface area contributed by atoms with Crippen molar-refractivity contribution in [1.29, 1.82) is 0 Å². The molecular formula is C19H15BrFNO3S. The lowest BCUT2D eigenvalue weighted by Gasteiger charge is -2.16. The van der Waals surface area contributed by atoms with E-state index in [0.29, 0.717) is 20.7 Å². The molecule has 1 aromatic carbocycles. The van der Waals surface area contributed by atoms with E-state index in [0.717, 1.165) is 17.7 Å². The van der Waals surface area contributed by atoms with Crippen LogP contribution in [0.1, 0.15) is 29.3 Å². The summed E-state index contributed by atoms with van der Waals surface area (Å²) < 4.78 is 20.7. The molecule has 7 heteroatoms. The fourth-order valence-electron chi connectivity index (χ4n) is 4.65. The first-order valence-electron chi connectivity index (χ1n) is 8.61. The average Bonchev–Trinajstić information content (AvgIpc) is 3.33. The Morgan fingerprint density at radius 2 is 1.85 bits per heavy atom. The van der Waals surface area contributed by atoms with Gasteiger partial charge in [-0.05, 0) is 38.0 Å². The molecule has 5 rings (SSSR count). The average molecular weight is 436 g/mol. The molecule has 5 atom stereocenters. The molecule has 1 aromatic heterocycles. The van der Waals surface area contributed by atoms with Crippen molar-refractivity contribution < 1.29 is 18.7 Å². The Hall–Kier alpha value is -1.44. The van der Waals surface area contributed by atoms with Gasteiger partial charge in [-0.1, -0.05) is 15.9 Å². The van der Waals surface area contributed by atoms with Gasteiger partial charge in [0.05, 0.1) is 29.7 Å². The number of ketones is 2. The zero-order valence-electron chi connectivity index (χ0n) is 13.9. The second-order valence-corrected chi connectivity index (χ2v) is 9.28. The third-order valence-electron chi connectivity index (χ3n) is 5.77. The van der Waals surface area contributed by atoms with E-state index in [2.05, 4.69) is 20.9 Å². The number of fused-ring (bicyclic) bond motifs is 5. The minimum atomic E-state index is -0.819. The molecule has 0 spiro atoms. The maximum Gasteiger partial charge on any atom is 0.155 e. The number of hydrogen-bond acceptors (Lipinski definition) is 5. The Bertz CT molecular complexity index is 930. The van der Waals surface area contributed by atoms with E-state index in [-0.39, 0.29) is 41.4 Å². The maximum absolute atomic E-state index is 14.3. The van der Waals surface area contributed by atoms with E-state index < -0.39 is 5.92 Å². The van der Waals surface area contributed by atoms with Gasteiger partial charge < -0.3 is 4.74 Å². The van der Waals surface area contributed by atoms with Crippen LogP contribution in [0.2, 0.25) is 0 Å². The number of carbonyl (C=O) groups excluding carboxylic acids is 2. The summed E-state index contributed by atoms with van der Waals surface area (Å²) in [5.74, 6) is -1.97. The van der Waals surface area contributed by atoms with Crippen LogP contribution in [0.4, 0.5) is 4.39 Å². The number of ether oxygens (including phenoxy) is 1. The highest BCUT2D eigenvalue weighted by atomic mass is 79.9. The molecule has 2 aliphatic heterocycles. The lowest BCUT2D eigenvalue weighted by Crippen LogP contribution is -2.29. The minimum absolute atomic E-state index is 0.0663.